The molecule has 1 aliphatic rings. The summed E-state index contributed by atoms with van der Waals surface area (Å²) in [5, 5.41) is 2.80. The van der Waals surface area contributed by atoms with Gasteiger partial charge in [-0.05, 0) is 6.92 Å². The zero-order valence-corrected chi connectivity index (χ0v) is 7.99. The molecule has 1 saturated heterocycles. The van der Waals surface area contributed by atoms with Crippen LogP contribution in [0.25, 0.3) is 0 Å². The molecule has 1 N–H and O–H groups in total. The van der Waals surface area contributed by atoms with Crippen LogP contribution in [0.5, 0.6) is 0 Å². The first-order valence-corrected chi connectivity index (χ1v) is 4.47. The molecule has 1 fully saturated rings. The predicted octanol–water partition coefficient (Wildman–Crippen LogP) is 0.547. The Morgan fingerprint density at radius 1 is 1.46 bits per heavy atom. The molecule has 1 aliphatic heterocycles. The minimum absolute atomic E-state index is 0.00370. The first kappa shape index (κ1) is 9.99. The highest BCUT2D eigenvalue weighted by Gasteiger charge is 2.39. The van der Waals surface area contributed by atoms with Gasteiger partial charge in [0, 0.05) is 13.1 Å². The molecule has 1 amide bonds. The van der Waals surface area contributed by atoms with Gasteiger partial charge in [-0.2, -0.15) is 0 Å². The summed E-state index contributed by atoms with van der Waals surface area (Å²) < 4.78 is 0. The van der Waals surface area contributed by atoms with E-state index < -0.39 is 0 Å². The van der Waals surface area contributed by atoms with Crippen LogP contribution < -0.4 is 5.32 Å². The average molecular weight is 180 g/mol. The molecular weight excluding hydrogens is 164 g/mol. The van der Waals surface area contributed by atoms with Crippen molar-refractivity contribution < 1.29 is 4.79 Å². The van der Waals surface area contributed by atoms with Gasteiger partial charge in [0.2, 0.25) is 5.91 Å². The fraction of sp³-hybridized carbons (Fsp3) is 0.500. The largest absolute Gasteiger partial charge is 0.350 e. The molecule has 13 heavy (non-hydrogen) atoms. The normalized spacial score (nSPS) is 26.5. The van der Waals surface area contributed by atoms with Crippen LogP contribution >= 0.6 is 0 Å². The molecule has 0 aromatic rings. The SMILES string of the molecule is C=CCN(CC=C)[C@@H]1C(=O)N[C@@H]1C. The molecule has 0 aromatic heterocycles. The summed E-state index contributed by atoms with van der Waals surface area (Å²) in [6.45, 7) is 10.8. The van der Waals surface area contributed by atoms with Crippen molar-refractivity contribution in [2.75, 3.05) is 13.1 Å². The predicted molar refractivity (Wildman–Crippen MR) is 53.4 cm³/mol. The Morgan fingerprint density at radius 2 is 2.00 bits per heavy atom. The van der Waals surface area contributed by atoms with Crippen molar-refractivity contribution in [3.05, 3.63) is 25.3 Å². The van der Waals surface area contributed by atoms with Crippen LogP contribution in [-0.4, -0.2) is 36.0 Å². The summed E-state index contributed by atoms with van der Waals surface area (Å²) in [6.07, 6.45) is 3.61. The van der Waals surface area contributed by atoms with Crippen molar-refractivity contribution in [1.82, 2.24) is 10.2 Å². The Balaban J connectivity index is 2.57. The van der Waals surface area contributed by atoms with Crippen LogP contribution in [0.4, 0.5) is 0 Å². The Hall–Kier alpha value is -1.09. The summed E-state index contributed by atoms with van der Waals surface area (Å²) in [5.41, 5.74) is 0. The molecule has 0 radical (unpaired) electrons. The Labute approximate surface area is 79.1 Å². The van der Waals surface area contributed by atoms with Crippen molar-refractivity contribution in [2.24, 2.45) is 0 Å². The fourth-order valence-corrected chi connectivity index (χ4v) is 1.63. The number of amides is 1. The third kappa shape index (κ3) is 1.98. The maximum atomic E-state index is 11.2. The second-order valence-corrected chi connectivity index (χ2v) is 3.27. The second kappa shape index (κ2) is 4.23. The van der Waals surface area contributed by atoms with Crippen molar-refractivity contribution in [1.29, 1.82) is 0 Å². The molecule has 1 heterocycles. The third-order valence-electron chi connectivity index (χ3n) is 2.23. The van der Waals surface area contributed by atoms with Gasteiger partial charge in [0.15, 0.2) is 0 Å². The van der Waals surface area contributed by atoms with Gasteiger partial charge in [-0.1, -0.05) is 12.2 Å². The molecule has 1 rings (SSSR count). The molecule has 0 saturated carbocycles. The third-order valence-corrected chi connectivity index (χ3v) is 2.23. The first-order valence-electron chi connectivity index (χ1n) is 4.47. The number of hydrogen-bond acceptors (Lipinski definition) is 2. The van der Waals surface area contributed by atoms with E-state index in [1.807, 2.05) is 19.1 Å². The molecule has 0 spiro atoms. The summed E-state index contributed by atoms with van der Waals surface area (Å²) in [4.78, 5) is 13.3. The minimum atomic E-state index is -0.00370. The van der Waals surface area contributed by atoms with E-state index >= 15 is 0 Å². The molecule has 3 heteroatoms. The Kier molecular flexibility index (Phi) is 3.25. The summed E-state index contributed by atoms with van der Waals surface area (Å²) in [7, 11) is 0. The second-order valence-electron chi connectivity index (χ2n) is 3.27. The maximum absolute atomic E-state index is 11.2. The van der Waals surface area contributed by atoms with Crippen molar-refractivity contribution in [2.45, 2.75) is 19.0 Å². The Morgan fingerprint density at radius 3 is 2.31 bits per heavy atom. The zero-order valence-electron chi connectivity index (χ0n) is 7.99. The number of carbonyl (C=O) groups is 1. The van der Waals surface area contributed by atoms with Gasteiger partial charge in [-0.3, -0.25) is 9.69 Å². The van der Waals surface area contributed by atoms with Crippen molar-refractivity contribution in [3.63, 3.8) is 0 Å². The van der Waals surface area contributed by atoms with Crippen molar-refractivity contribution >= 4 is 5.91 Å². The van der Waals surface area contributed by atoms with Gasteiger partial charge in [-0.25, -0.2) is 0 Å². The van der Waals surface area contributed by atoms with Crippen LogP contribution in [0, 0.1) is 0 Å². The Bertz CT molecular complexity index is 215. The molecular formula is C10H16N2O. The number of β-lactam (4-membered cyclic amide) rings is 1. The van der Waals surface area contributed by atoms with Gasteiger partial charge >= 0.3 is 0 Å². The van der Waals surface area contributed by atoms with Gasteiger partial charge < -0.3 is 5.32 Å². The number of carbonyl (C=O) groups excluding carboxylic acids is 1. The zero-order chi connectivity index (χ0) is 9.84. The fourth-order valence-electron chi connectivity index (χ4n) is 1.63. The lowest BCUT2D eigenvalue weighted by Crippen LogP contribution is -2.67. The van der Waals surface area contributed by atoms with Crippen LogP contribution in [0.1, 0.15) is 6.92 Å². The lowest BCUT2D eigenvalue weighted by atomic mass is 9.99. The standard InChI is InChI=1S/C10H16N2O/c1-4-6-12(7-5-2)9-8(3)11-10(9)13/h4-5,8-9H,1-2,6-7H2,3H3,(H,11,13)/t8-,9+/m1/s1. The average Bonchev–Trinajstić information content (AvgIpc) is 2.04. The lowest BCUT2D eigenvalue weighted by Gasteiger charge is -2.41. The van der Waals surface area contributed by atoms with Gasteiger partial charge in [0.05, 0.1) is 6.04 Å². The monoisotopic (exact) mass is 180 g/mol. The molecule has 3 nitrogen and oxygen atoms in total. The molecule has 0 unspecified atom stereocenters. The molecule has 0 aliphatic carbocycles. The lowest BCUT2D eigenvalue weighted by molar-refractivity contribution is -0.136. The number of nitrogens with one attached hydrogen (secondary N) is 1. The number of nitrogens with zero attached hydrogens (tertiary/aromatic N) is 1. The highest BCUT2D eigenvalue weighted by atomic mass is 16.2. The topological polar surface area (TPSA) is 32.3 Å². The molecule has 0 bridgehead atoms. The van der Waals surface area contributed by atoms with Crippen LogP contribution in [0.3, 0.4) is 0 Å². The summed E-state index contributed by atoms with van der Waals surface area (Å²) in [5.74, 6) is 0.108. The van der Waals surface area contributed by atoms with E-state index in [9.17, 15) is 4.79 Å². The summed E-state index contributed by atoms with van der Waals surface area (Å²) >= 11 is 0. The highest BCUT2D eigenvalue weighted by molar-refractivity contribution is 5.89. The van der Waals surface area contributed by atoms with E-state index in [2.05, 4.69) is 23.4 Å². The summed E-state index contributed by atoms with van der Waals surface area (Å²) in [6, 6.07) is 0.239. The maximum Gasteiger partial charge on any atom is 0.239 e. The van der Waals surface area contributed by atoms with E-state index in [0.29, 0.717) is 0 Å². The van der Waals surface area contributed by atoms with Gasteiger partial charge in [0.25, 0.3) is 0 Å². The van der Waals surface area contributed by atoms with Crippen molar-refractivity contribution in [3.8, 4) is 0 Å². The number of hydrogen-bond donors (Lipinski definition) is 1. The first-order chi connectivity index (χ1) is 6.20. The molecule has 2 atom stereocenters. The van der Waals surface area contributed by atoms with E-state index in [-0.39, 0.29) is 18.0 Å². The van der Waals surface area contributed by atoms with E-state index in [1.165, 1.54) is 0 Å². The van der Waals surface area contributed by atoms with Crippen LogP contribution in [0.2, 0.25) is 0 Å². The van der Waals surface area contributed by atoms with E-state index in [1.54, 1.807) is 0 Å². The quantitative estimate of drug-likeness (QED) is 0.495. The molecule has 72 valence electrons. The van der Waals surface area contributed by atoms with Gasteiger partial charge in [0.1, 0.15) is 6.04 Å². The smallest absolute Gasteiger partial charge is 0.239 e. The van der Waals surface area contributed by atoms with Crippen LogP contribution in [0.15, 0.2) is 25.3 Å². The van der Waals surface area contributed by atoms with Crippen LogP contribution in [-0.2, 0) is 4.79 Å². The minimum Gasteiger partial charge on any atom is -0.350 e. The van der Waals surface area contributed by atoms with Gasteiger partial charge in [-0.15, -0.1) is 13.2 Å². The van der Waals surface area contributed by atoms with E-state index in [0.717, 1.165) is 13.1 Å². The van der Waals surface area contributed by atoms with E-state index in [4.69, 9.17) is 0 Å². The molecule has 0 aromatic carbocycles. The highest BCUT2D eigenvalue weighted by Crippen LogP contribution is 2.13. The number of rotatable bonds is 5.